The van der Waals surface area contributed by atoms with Crippen molar-refractivity contribution in [3.63, 3.8) is 0 Å². The van der Waals surface area contributed by atoms with Gasteiger partial charge >= 0.3 is 0 Å². The molecule has 0 aromatic carbocycles. The van der Waals surface area contributed by atoms with Crippen LogP contribution in [0.2, 0.25) is 0 Å². The minimum Gasteiger partial charge on any atom is -0.309 e. The number of fused-ring (bicyclic) bond motifs is 1. The molecule has 1 aliphatic rings. The number of carbonyl (C=O) groups excluding carboxylic acids is 1. The lowest BCUT2D eigenvalue weighted by Gasteiger charge is -2.20. The molecule has 0 aliphatic carbocycles. The van der Waals surface area contributed by atoms with Gasteiger partial charge in [-0.15, -0.1) is 0 Å². The summed E-state index contributed by atoms with van der Waals surface area (Å²) in [4.78, 5) is 24.0. The van der Waals surface area contributed by atoms with Crippen LogP contribution in [0.25, 0.3) is 0 Å². The highest BCUT2D eigenvalue weighted by Gasteiger charge is 2.46. The summed E-state index contributed by atoms with van der Waals surface area (Å²) >= 11 is 0. The largest absolute Gasteiger partial charge is 0.309 e. The zero-order chi connectivity index (χ0) is 12.8. The summed E-state index contributed by atoms with van der Waals surface area (Å²) in [6.07, 6.45) is 4.03. The van der Waals surface area contributed by atoms with Gasteiger partial charge in [-0.05, 0) is 19.1 Å². The molecule has 2 aromatic heterocycles. The SMILES string of the molecule is CC1(c2ccc(F)cn2)C(=O)Nc2ncncc21. The molecule has 1 aliphatic heterocycles. The second-order valence-electron chi connectivity index (χ2n) is 4.23. The molecule has 0 radical (unpaired) electrons. The maximum atomic E-state index is 12.9. The van der Waals surface area contributed by atoms with Gasteiger partial charge in [-0.2, -0.15) is 0 Å². The summed E-state index contributed by atoms with van der Waals surface area (Å²) in [5.74, 6) is -0.203. The van der Waals surface area contributed by atoms with Crippen molar-refractivity contribution in [2.75, 3.05) is 5.32 Å². The van der Waals surface area contributed by atoms with Crippen LogP contribution in [0.1, 0.15) is 18.2 Å². The summed E-state index contributed by atoms with van der Waals surface area (Å²) in [7, 11) is 0. The van der Waals surface area contributed by atoms with Gasteiger partial charge in [-0.1, -0.05) is 0 Å². The van der Waals surface area contributed by atoms with E-state index >= 15 is 0 Å². The fourth-order valence-corrected chi connectivity index (χ4v) is 2.08. The van der Waals surface area contributed by atoms with Gasteiger partial charge in [-0.25, -0.2) is 14.4 Å². The van der Waals surface area contributed by atoms with E-state index in [2.05, 4.69) is 20.3 Å². The minimum atomic E-state index is -0.982. The van der Waals surface area contributed by atoms with Crippen LogP contribution in [0.5, 0.6) is 0 Å². The second kappa shape index (κ2) is 3.56. The number of hydrogen-bond acceptors (Lipinski definition) is 4. The Morgan fingerprint density at radius 3 is 2.83 bits per heavy atom. The molecule has 90 valence electrons. The number of carbonyl (C=O) groups is 1. The van der Waals surface area contributed by atoms with E-state index in [0.717, 1.165) is 6.20 Å². The zero-order valence-corrected chi connectivity index (χ0v) is 9.51. The number of pyridine rings is 1. The lowest BCUT2D eigenvalue weighted by molar-refractivity contribution is -0.119. The van der Waals surface area contributed by atoms with Crippen LogP contribution in [0.3, 0.4) is 0 Å². The molecule has 0 saturated carbocycles. The Labute approximate surface area is 102 Å². The summed E-state index contributed by atoms with van der Waals surface area (Å²) in [5, 5.41) is 2.68. The number of amides is 1. The number of halogens is 1. The number of hydrogen-bond donors (Lipinski definition) is 1. The van der Waals surface area contributed by atoms with Crippen molar-refractivity contribution < 1.29 is 9.18 Å². The van der Waals surface area contributed by atoms with E-state index in [4.69, 9.17) is 0 Å². The van der Waals surface area contributed by atoms with Gasteiger partial charge in [0.1, 0.15) is 23.4 Å². The lowest BCUT2D eigenvalue weighted by atomic mass is 9.81. The standard InChI is InChI=1S/C12H9FN4O/c1-12(9-3-2-7(13)4-15-9)8-5-14-6-16-10(8)17-11(12)18/h2-6H,1H3,(H,14,16,17,18). The van der Waals surface area contributed by atoms with E-state index in [9.17, 15) is 9.18 Å². The number of nitrogens with one attached hydrogen (secondary N) is 1. The predicted molar refractivity (Wildman–Crippen MR) is 61.3 cm³/mol. The third-order valence-electron chi connectivity index (χ3n) is 3.18. The van der Waals surface area contributed by atoms with Crippen molar-refractivity contribution in [2.45, 2.75) is 12.3 Å². The Morgan fingerprint density at radius 1 is 1.28 bits per heavy atom. The Morgan fingerprint density at radius 2 is 2.11 bits per heavy atom. The molecule has 6 heteroatoms. The quantitative estimate of drug-likeness (QED) is 0.820. The molecule has 0 spiro atoms. The Balaban J connectivity index is 2.20. The first-order valence-electron chi connectivity index (χ1n) is 5.36. The first-order chi connectivity index (χ1) is 8.62. The fourth-order valence-electron chi connectivity index (χ4n) is 2.08. The molecule has 0 bridgehead atoms. The zero-order valence-electron chi connectivity index (χ0n) is 9.51. The molecule has 3 heterocycles. The molecule has 1 unspecified atom stereocenters. The third kappa shape index (κ3) is 1.32. The molecule has 18 heavy (non-hydrogen) atoms. The van der Waals surface area contributed by atoms with E-state index < -0.39 is 11.2 Å². The van der Waals surface area contributed by atoms with Gasteiger partial charge in [-0.3, -0.25) is 9.78 Å². The average molecular weight is 244 g/mol. The Hall–Kier alpha value is -2.37. The highest BCUT2D eigenvalue weighted by atomic mass is 19.1. The topological polar surface area (TPSA) is 67.8 Å². The normalized spacial score (nSPS) is 21.6. The van der Waals surface area contributed by atoms with Gasteiger partial charge in [0.2, 0.25) is 5.91 Å². The van der Waals surface area contributed by atoms with E-state index in [1.54, 1.807) is 13.1 Å². The van der Waals surface area contributed by atoms with Gasteiger partial charge < -0.3 is 5.32 Å². The van der Waals surface area contributed by atoms with Crippen LogP contribution in [0.4, 0.5) is 10.2 Å². The van der Waals surface area contributed by atoms with E-state index in [1.165, 1.54) is 18.5 Å². The molecule has 1 N–H and O–H groups in total. The fraction of sp³-hybridized carbons (Fsp3) is 0.167. The molecule has 1 atom stereocenters. The van der Waals surface area contributed by atoms with Gasteiger partial charge in [0.25, 0.3) is 0 Å². The molecular weight excluding hydrogens is 235 g/mol. The molecule has 0 fully saturated rings. The van der Waals surface area contributed by atoms with Crippen LogP contribution < -0.4 is 5.32 Å². The van der Waals surface area contributed by atoms with Gasteiger partial charge in [0, 0.05) is 11.8 Å². The molecule has 2 aromatic rings. The summed E-state index contributed by atoms with van der Waals surface area (Å²) < 4.78 is 12.9. The van der Waals surface area contributed by atoms with Crippen molar-refractivity contribution in [3.05, 3.63) is 47.9 Å². The monoisotopic (exact) mass is 244 g/mol. The second-order valence-corrected chi connectivity index (χ2v) is 4.23. The number of nitrogens with zero attached hydrogens (tertiary/aromatic N) is 3. The van der Waals surface area contributed by atoms with Crippen LogP contribution in [0, 0.1) is 5.82 Å². The van der Waals surface area contributed by atoms with Crippen molar-refractivity contribution in [3.8, 4) is 0 Å². The minimum absolute atomic E-state index is 0.239. The van der Waals surface area contributed by atoms with Crippen molar-refractivity contribution in [1.29, 1.82) is 0 Å². The lowest BCUT2D eigenvalue weighted by Crippen LogP contribution is -2.33. The number of rotatable bonds is 1. The first kappa shape index (κ1) is 10.8. The number of anilines is 1. The average Bonchev–Trinajstić information content (AvgIpc) is 2.64. The van der Waals surface area contributed by atoms with Crippen LogP contribution in [-0.4, -0.2) is 20.9 Å². The van der Waals surface area contributed by atoms with Crippen LogP contribution in [-0.2, 0) is 10.2 Å². The Bertz CT molecular complexity index is 628. The molecule has 5 nitrogen and oxygen atoms in total. The predicted octanol–water partition coefficient (Wildman–Crippen LogP) is 1.27. The summed E-state index contributed by atoms with van der Waals surface area (Å²) in [5.41, 5.74) is 0.133. The van der Waals surface area contributed by atoms with E-state index in [1.807, 2.05) is 0 Å². The van der Waals surface area contributed by atoms with Crippen LogP contribution in [0.15, 0.2) is 30.9 Å². The van der Waals surface area contributed by atoms with Crippen molar-refractivity contribution >= 4 is 11.7 Å². The Kier molecular flexibility index (Phi) is 2.13. The maximum absolute atomic E-state index is 12.9. The summed E-state index contributed by atoms with van der Waals surface area (Å²) in [6.45, 7) is 1.72. The smallest absolute Gasteiger partial charge is 0.242 e. The van der Waals surface area contributed by atoms with E-state index in [0.29, 0.717) is 17.1 Å². The molecule has 1 amide bonds. The number of aromatic nitrogens is 3. The molecule has 0 saturated heterocycles. The first-order valence-corrected chi connectivity index (χ1v) is 5.36. The van der Waals surface area contributed by atoms with E-state index in [-0.39, 0.29) is 5.91 Å². The highest BCUT2D eigenvalue weighted by molar-refractivity contribution is 6.06. The van der Waals surface area contributed by atoms with Gasteiger partial charge in [0.15, 0.2) is 0 Å². The molecule has 3 rings (SSSR count). The third-order valence-corrected chi connectivity index (χ3v) is 3.18. The molecular formula is C12H9FN4O. The highest BCUT2D eigenvalue weighted by Crippen LogP contribution is 2.39. The summed E-state index contributed by atoms with van der Waals surface area (Å²) in [6, 6.07) is 2.78. The van der Waals surface area contributed by atoms with Crippen molar-refractivity contribution in [1.82, 2.24) is 15.0 Å². The maximum Gasteiger partial charge on any atom is 0.242 e. The van der Waals surface area contributed by atoms with Crippen molar-refractivity contribution in [2.24, 2.45) is 0 Å². The van der Waals surface area contributed by atoms with Gasteiger partial charge in [0.05, 0.1) is 11.9 Å². The van der Waals surface area contributed by atoms with Crippen LogP contribution >= 0.6 is 0 Å².